The molecule has 0 aliphatic carbocycles. The van der Waals surface area contributed by atoms with Crippen molar-refractivity contribution < 1.29 is 18.7 Å². The van der Waals surface area contributed by atoms with Crippen LogP contribution >= 0.6 is 0 Å². The number of hydrogen-bond acceptors (Lipinski definition) is 4. The van der Waals surface area contributed by atoms with Crippen LogP contribution in [0.1, 0.15) is 31.9 Å². The molecule has 3 aromatic carbocycles. The fourth-order valence-electron chi connectivity index (χ4n) is 3.71. The number of ether oxygens (including phenoxy) is 1. The van der Waals surface area contributed by atoms with Crippen LogP contribution in [0, 0.1) is 5.82 Å². The highest BCUT2D eigenvalue weighted by molar-refractivity contribution is 6.46. The van der Waals surface area contributed by atoms with Gasteiger partial charge in [0.25, 0.3) is 11.8 Å². The molecule has 0 radical (unpaired) electrons. The van der Waals surface area contributed by atoms with Crippen LogP contribution in [0.3, 0.4) is 0 Å². The van der Waals surface area contributed by atoms with E-state index in [0.717, 1.165) is 16.9 Å². The van der Waals surface area contributed by atoms with Gasteiger partial charge >= 0.3 is 0 Å². The molecule has 2 amide bonds. The predicted octanol–water partition coefficient (Wildman–Crippen LogP) is 5.57. The maximum absolute atomic E-state index is 13.8. The van der Waals surface area contributed by atoms with Crippen molar-refractivity contribution in [2.45, 2.75) is 33.3 Å². The fourth-order valence-corrected chi connectivity index (χ4v) is 3.71. The molecule has 0 saturated carbocycles. The maximum atomic E-state index is 13.8. The van der Waals surface area contributed by atoms with Crippen LogP contribution < -0.4 is 15.0 Å². The van der Waals surface area contributed by atoms with E-state index in [1.807, 2.05) is 32.9 Å². The van der Waals surface area contributed by atoms with Gasteiger partial charge in [-0.3, -0.25) is 9.59 Å². The number of hydrogen-bond donors (Lipinski definition) is 1. The molecule has 0 aromatic heterocycles. The number of nitrogens with zero attached hydrogens (tertiary/aromatic N) is 1. The van der Waals surface area contributed by atoms with Gasteiger partial charge in [-0.05, 0) is 73.9 Å². The molecule has 1 heterocycles. The number of aryl methyl sites for hydroxylation is 1. The van der Waals surface area contributed by atoms with Crippen molar-refractivity contribution in [1.82, 2.24) is 0 Å². The molecule has 1 aliphatic heterocycles. The van der Waals surface area contributed by atoms with E-state index in [2.05, 4.69) is 5.32 Å². The summed E-state index contributed by atoms with van der Waals surface area (Å²) < 4.78 is 19.5. The third kappa shape index (κ3) is 4.65. The topological polar surface area (TPSA) is 58.6 Å². The molecule has 4 rings (SSSR count). The van der Waals surface area contributed by atoms with E-state index in [1.54, 1.807) is 48.5 Å². The molecule has 5 nitrogen and oxygen atoms in total. The second kappa shape index (κ2) is 9.28. The minimum absolute atomic E-state index is 0.0107. The van der Waals surface area contributed by atoms with Crippen LogP contribution in [0.4, 0.5) is 15.8 Å². The van der Waals surface area contributed by atoms with Crippen molar-refractivity contribution in [2.75, 3.05) is 10.2 Å². The van der Waals surface area contributed by atoms with Crippen molar-refractivity contribution in [2.24, 2.45) is 0 Å². The van der Waals surface area contributed by atoms with E-state index in [-0.39, 0.29) is 17.4 Å². The number of anilines is 2. The first-order valence-corrected chi connectivity index (χ1v) is 10.9. The van der Waals surface area contributed by atoms with Crippen LogP contribution in [0.15, 0.2) is 78.5 Å². The number of carbonyl (C=O) groups is 2. The Balaban J connectivity index is 1.76. The summed E-state index contributed by atoms with van der Waals surface area (Å²) in [6, 6.07) is 20.1. The lowest BCUT2D eigenvalue weighted by Gasteiger charge is -2.16. The molecule has 0 spiro atoms. The molecular formula is C27H25FN2O3. The van der Waals surface area contributed by atoms with E-state index in [1.165, 1.54) is 12.1 Å². The summed E-state index contributed by atoms with van der Waals surface area (Å²) in [5, 5.41) is 2.98. The molecule has 6 heteroatoms. The average Bonchev–Trinajstić information content (AvgIpc) is 3.03. The van der Waals surface area contributed by atoms with Gasteiger partial charge < -0.3 is 10.1 Å². The standard InChI is InChI=1S/C27H25FN2O3/c1-4-18-8-12-22(13-9-18)30-26(31)24(19-10-14-23(15-11-19)33-17(2)3)25(27(30)32)29-21-7-5-6-20(28)16-21/h5-17,29H,4H2,1-3H3. The molecule has 0 unspecified atom stereocenters. The summed E-state index contributed by atoms with van der Waals surface area (Å²) in [5.41, 5.74) is 2.85. The lowest BCUT2D eigenvalue weighted by molar-refractivity contribution is -0.120. The Morgan fingerprint density at radius 2 is 1.64 bits per heavy atom. The van der Waals surface area contributed by atoms with Gasteiger partial charge in [-0.1, -0.05) is 37.3 Å². The maximum Gasteiger partial charge on any atom is 0.282 e. The number of rotatable bonds is 7. The minimum Gasteiger partial charge on any atom is -0.491 e. The van der Waals surface area contributed by atoms with Crippen molar-refractivity contribution >= 4 is 28.8 Å². The third-order valence-corrected chi connectivity index (χ3v) is 5.30. The minimum atomic E-state index is -0.494. The highest BCUT2D eigenvalue weighted by Crippen LogP contribution is 2.34. The van der Waals surface area contributed by atoms with Gasteiger partial charge in [0.2, 0.25) is 0 Å². The molecule has 0 bridgehead atoms. The summed E-state index contributed by atoms with van der Waals surface area (Å²) in [4.78, 5) is 28.1. The predicted molar refractivity (Wildman–Crippen MR) is 127 cm³/mol. The van der Waals surface area contributed by atoms with Gasteiger partial charge in [0, 0.05) is 5.69 Å². The molecule has 33 heavy (non-hydrogen) atoms. The van der Waals surface area contributed by atoms with Crippen molar-refractivity contribution in [3.05, 3.63) is 95.4 Å². The Morgan fingerprint density at radius 3 is 2.24 bits per heavy atom. The van der Waals surface area contributed by atoms with E-state index >= 15 is 0 Å². The monoisotopic (exact) mass is 444 g/mol. The van der Waals surface area contributed by atoms with E-state index in [4.69, 9.17) is 4.74 Å². The smallest absolute Gasteiger partial charge is 0.282 e. The molecule has 1 aliphatic rings. The molecule has 168 valence electrons. The first-order valence-electron chi connectivity index (χ1n) is 10.9. The van der Waals surface area contributed by atoms with Gasteiger partial charge in [-0.15, -0.1) is 0 Å². The number of carbonyl (C=O) groups excluding carboxylic acids is 2. The zero-order valence-electron chi connectivity index (χ0n) is 18.8. The Labute approximate surface area is 192 Å². The number of nitrogens with one attached hydrogen (secondary N) is 1. The Kier molecular flexibility index (Phi) is 6.27. The molecule has 0 atom stereocenters. The summed E-state index contributed by atoms with van der Waals surface area (Å²) in [6.07, 6.45) is 0.861. The molecular weight excluding hydrogens is 419 g/mol. The SMILES string of the molecule is CCc1ccc(N2C(=O)C(Nc3cccc(F)c3)=C(c3ccc(OC(C)C)cc3)C2=O)cc1. The Morgan fingerprint density at radius 1 is 0.939 bits per heavy atom. The first kappa shape index (κ1) is 22.3. The van der Waals surface area contributed by atoms with Gasteiger partial charge in [-0.2, -0.15) is 0 Å². The van der Waals surface area contributed by atoms with Gasteiger partial charge in [0.15, 0.2) is 0 Å². The van der Waals surface area contributed by atoms with Crippen molar-refractivity contribution in [3.8, 4) is 5.75 Å². The zero-order valence-corrected chi connectivity index (χ0v) is 18.8. The lowest BCUT2D eigenvalue weighted by atomic mass is 10.0. The molecule has 1 N–H and O–H groups in total. The van der Waals surface area contributed by atoms with Crippen molar-refractivity contribution in [3.63, 3.8) is 0 Å². The summed E-state index contributed by atoms with van der Waals surface area (Å²) >= 11 is 0. The van der Waals surface area contributed by atoms with Crippen LogP contribution in [-0.4, -0.2) is 17.9 Å². The summed E-state index contributed by atoms with van der Waals surface area (Å²) in [5.74, 6) is -0.717. The zero-order chi connectivity index (χ0) is 23.5. The van der Waals surface area contributed by atoms with E-state index < -0.39 is 17.6 Å². The Hall–Kier alpha value is -3.93. The molecule has 0 saturated heterocycles. The summed E-state index contributed by atoms with van der Waals surface area (Å²) in [6.45, 7) is 5.89. The van der Waals surface area contributed by atoms with Crippen LogP contribution in [0.2, 0.25) is 0 Å². The highest BCUT2D eigenvalue weighted by atomic mass is 19.1. The van der Waals surface area contributed by atoms with Crippen LogP contribution in [0.5, 0.6) is 5.75 Å². The molecule has 3 aromatic rings. The van der Waals surface area contributed by atoms with E-state index in [9.17, 15) is 14.0 Å². The van der Waals surface area contributed by atoms with E-state index in [0.29, 0.717) is 22.7 Å². The van der Waals surface area contributed by atoms with Gasteiger partial charge in [0.05, 0.1) is 17.4 Å². The second-order valence-corrected chi connectivity index (χ2v) is 8.04. The third-order valence-electron chi connectivity index (χ3n) is 5.30. The highest BCUT2D eigenvalue weighted by Gasteiger charge is 2.40. The number of benzene rings is 3. The van der Waals surface area contributed by atoms with Gasteiger partial charge in [-0.25, -0.2) is 9.29 Å². The largest absolute Gasteiger partial charge is 0.491 e. The second-order valence-electron chi connectivity index (χ2n) is 8.04. The fraction of sp³-hybridized carbons (Fsp3) is 0.185. The number of amides is 2. The molecule has 0 fully saturated rings. The average molecular weight is 445 g/mol. The Bertz CT molecular complexity index is 1210. The van der Waals surface area contributed by atoms with Crippen LogP contribution in [-0.2, 0) is 16.0 Å². The normalized spacial score (nSPS) is 13.8. The van der Waals surface area contributed by atoms with Crippen molar-refractivity contribution in [1.29, 1.82) is 0 Å². The number of imide groups is 1. The number of halogens is 1. The summed E-state index contributed by atoms with van der Waals surface area (Å²) in [7, 11) is 0. The quantitative estimate of drug-likeness (QED) is 0.484. The van der Waals surface area contributed by atoms with Crippen LogP contribution in [0.25, 0.3) is 5.57 Å². The first-order chi connectivity index (χ1) is 15.9. The van der Waals surface area contributed by atoms with Gasteiger partial charge in [0.1, 0.15) is 17.3 Å². The lowest BCUT2D eigenvalue weighted by Crippen LogP contribution is -2.32.